The maximum absolute atomic E-state index is 11.7. The first-order chi connectivity index (χ1) is 7.27. The average Bonchev–Trinajstić information content (AvgIpc) is 2.15. The van der Waals surface area contributed by atoms with E-state index in [-0.39, 0.29) is 19.1 Å². The van der Waals surface area contributed by atoms with Gasteiger partial charge in [-0.2, -0.15) is 13.2 Å². The average molecular weight is 241 g/mol. The van der Waals surface area contributed by atoms with Crippen LogP contribution in [0.3, 0.4) is 0 Å². The van der Waals surface area contributed by atoms with Crippen LogP contribution in [-0.4, -0.2) is 30.7 Å². The fourth-order valence-electron chi connectivity index (χ4n) is 0.745. The van der Waals surface area contributed by atoms with Crippen molar-refractivity contribution in [1.82, 2.24) is 5.32 Å². The lowest BCUT2D eigenvalue weighted by Crippen LogP contribution is -2.38. The van der Waals surface area contributed by atoms with Crippen LogP contribution in [0.25, 0.3) is 0 Å². The predicted octanol–water partition coefficient (Wildman–Crippen LogP) is 1.40. The number of amides is 1. The Kier molecular flexibility index (Phi) is 5.84. The van der Waals surface area contributed by atoms with Crippen molar-refractivity contribution in [3.8, 4) is 0 Å². The van der Waals surface area contributed by atoms with Crippen LogP contribution >= 0.6 is 0 Å². The maximum Gasteiger partial charge on any atom is 0.471 e. The van der Waals surface area contributed by atoms with Gasteiger partial charge in [0.15, 0.2) is 0 Å². The summed E-state index contributed by atoms with van der Waals surface area (Å²) in [6, 6.07) is 0. The zero-order valence-electron chi connectivity index (χ0n) is 9.06. The third-order valence-electron chi connectivity index (χ3n) is 1.78. The zero-order chi connectivity index (χ0) is 12.8. The van der Waals surface area contributed by atoms with Crippen molar-refractivity contribution < 1.29 is 27.5 Å². The Morgan fingerprint density at radius 2 is 1.94 bits per heavy atom. The SMILES string of the molecule is CCC(C)OC(=O)CCNC(=O)C(F)(F)F. The largest absolute Gasteiger partial charge is 0.471 e. The Hall–Kier alpha value is -1.27. The van der Waals surface area contributed by atoms with Crippen molar-refractivity contribution in [1.29, 1.82) is 0 Å². The molecule has 0 rings (SSSR count). The standard InChI is InChI=1S/C9H14F3NO3/c1-3-6(2)16-7(14)4-5-13-8(15)9(10,11)12/h6H,3-5H2,1-2H3,(H,13,15). The Morgan fingerprint density at radius 1 is 1.38 bits per heavy atom. The van der Waals surface area contributed by atoms with Crippen LogP contribution in [0.15, 0.2) is 0 Å². The fourth-order valence-corrected chi connectivity index (χ4v) is 0.745. The van der Waals surface area contributed by atoms with E-state index in [1.54, 1.807) is 12.2 Å². The van der Waals surface area contributed by atoms with Gasteiger partial charge in [-0.15, -0.1) is 0 Å². The number of halogens is 3. The van der Waals surface area contributed by atoms with Crippen LogP contribution < -0.4 is 5.32 Å². The summed E-state index contributed by atoms with van der Waals surface area (Å²) in [5.74, 6) is -2.68. The highest BCUT2D eigenvalue weighted by Crippen LogP contribution is 2.13. The molecular weight excluding hydrogens is 227 g/mol. The summed E-state index contributed by atoms with van der Waals surface area (Å²) >= 11 is 0. The number of carbonyl (C=O) groups is 2. The van der Waals surface area contributed by atoms with Crippen molar-refractivity contribution in [2.75, 3.05) is 6.54 Å². The number of nitrogens with one attached hydrogen (secondary N) is 1. The molecule has 1 unspecified atom stereocenters. The van der Waals surface area contributed by atoms with E-state index in [1.807, 2.05) is 6.92 Å². The zero-order valence-corrected chi connectivity index (χ0v) is 9.06. The molecule has 0 radical (unpaired) electrons. The molecule has 0 heterocycles. The molecule has 0 fully saturated rings. The molecule has 7 heteroatoms. The normalized spacial score (nSPS) is 13.1. The monoisotopic (exact) mass is 241 g/mol. The Bertz CT molecular complexity index is 253. The molecule has 0 saturated carbocycles. The highest BCUT2D eigenvalue weighted by molar-refractivity contribution is 5.82. The molecule has 1 N–H and O–H groups in total. The molecule has 0 aliphatic heterocycles. The van der Waals surface area contributed by atoms with Crippen LogP contribution in [0.5, 0.6) is 0 Å². The summed E-state index contributed by atoms with van der Waals surface area (Å²) < 4.78 is 39.9. The van der Waals surface area contributed by atoms with Gasteiger partial charge >= 0.3 is 18.1 Å². The van der Waals surface area contributed by atoms with Crippen molar-refractivity contribution >= 4 is 11.9 Å². The van der Waals surface area contributed by atoms with Crippen LogP contribution in [0.4, 0.5) is 13.2 Å². The van der Waals surface area contributed by atoms with Crippen LogP contribution in [-0.2, 0) is 14.3 Å². The number of carbonyl (C=O) groups excluding carboxylic acids is 2. The molecule has 16 heavy (non-hydrogen) atoms. The lowest BCUT2D eigenvalue weighted by molar-refractivity contribution is -0.173. The Morgan fingerprint density at radius 3 is 2.38 bits per heavy atom. The maximum atomic E-state index is 11.7. The van der Waals surface area contributed by atoms with Gasteiger partial charge in [0.1, 0.15) is 0 Å². The van der Waals surface area contributed by atoms with Crippen LogP contribution in [0.1, 0.15) is 26.7 Å². The molecular formula is C9H14F3NO3. The summed E-state index contributed by atoms with van der Waals surface area (Å²) in [5, 5.41) is 1.58. The van der Waals surface area contributed by atoms with Crippen molar-refractivity contribution in [3.63, 3.8) is 0 Å². The summed E-state index contributed by atoms with van der Waals surface area (Å²) in [5.41, 5.74) is 0. The number of hydrogen-bond donors (Lipinski definition) is 1. The van der Waals surface area contributed by atoms with Gasteiger partial charge in [-0.3, -0.25) is 9.59 Å². The molecule has 4 nitrogen and oxygen atoms in total. The van der Waals surface area contributed by atoms with Crippen LogP contribution in [0, 0.1) is 0 Å². The molecule has 0 spiro atoms. The first-order valence-corrected chi connectivity index (χ1v) is 4.81. The van der Waals surface area contributed by atoms with Crippen molar-refractivity contribution in [3.05, 3.63) is 0 Å². The van der Waals surface area contributed by atoms with Gasteiger partial charge in [0.05, 0.1) is 12.5 Å². The minimum Gasteiger partial charge on any atom is -0.463 e. The minimum absolute atomic E-state index is 0.272. The van der Waals surface area contributed by atoms with Gasteiger partial charge in [0, 0.05) is 6.54 Å². The van der Waals surface area contributed by atoms with Gasteiger partial charge in [-0.25, -0.2) is 0 Å². The van der Waals surface area contributed by atoms with E-state index in [9.17, 15) is 22.8 Å². The molecule has 0 saturated heterocycles. The first-order valence-electron chi connectivity index (χ1n) is 4.81. The third kappa shape index (κ3) is 6.26. The van der Waals surface area contributed by atoms with Crippen molar-refractivity contribution in [2.45, 2.75) is 39.0 Å². The first kappa shape index (κ1) is 14.7. The van der Waals surface area contributed by atoms with E-state index in [0.29, 0.717) is 6.42 Å². The third-order valence-corrected chi connectivity index (χ3v) is 1.78. The second-order valence-corrected chi connectivity index (χ2v) is 3.21. The number of esters is 1. The molecule has 0 aliphatic rings. The molecule has 0 aromatic heterocycles. The lowest BCUT2D eigenvalue weighted by atomic mass is 10.3. The summed E-state index contributed by atoms with van der Waals surface area (Å²) in [4.78, 5) is 21.3. The van der Waals surface area contributed by atoms with E-state index in [2.05, 4.69) is 0 Å². The highest BCUT2D eigenvalue weighted by atomic mass is 19.4. The summed E-state index contributed by atoms with van der Waals surface area (Å²) in [7, 11) is 0. The van der Waals surface area contributed by atoms with Gasteiger partial charge in [0.2, 0.25) is 0 Å². The van der Waals surface area contributed by atoms with Gasteiger partial charge < -0.3 is 10.1 Å². The molecule has 0 aliphatic carbocycles. The molecule has 0 bridgehead atoms. The Labute approximate surface area is 91.1 Å². The number of rotatable bonds is 5. The van der Waals surface area contributed by atoms with E-state index < -0.39 is 18.1 Å². The van der Waals surface area contributed by atoms with E-state index in [0.717, 1.165) is 0 Å². The van der Waals surface area contributed by atoms with E-state index in [4.69, 9.17) is 4.74 Å². The number of alkyl halides is 3. The second-order valence-electron chi connectivity index (χ2n) is 3.21. The molecule has 0 aromatic rings. The second kappa shape index (κ2) is 6.34. The molecule has 94 valence electrons. The van der Waals surface area contributed by atoms with Gasteiger partial charge in [-0.05, 0) is 13.3 Å². The minimum atomic E-state index is -4.92. The Balaban J connectivity index is 3.75. The van der Waals surface area contributed by atoms with E-state index in [1.165, 1.54) is 0 Å². The highest BCUT2D eigenvalue weighted by Gasteiger charge is 2.38. The summed E-state index contributed by atoms with van der Waals surface area (Å²) in [6.07, 6.45) is -4.83. The smallest absolute Gasteiger partial charge is 0.463 e. The lowest BCUT2D eigenvalue weighted by Gasteiger charge is -2.11. The van der Waals surface area contributed by atoms with E-state index >= 15 is 0 Å². The van der Waals surface area contributed by atoms with Gasteiger partial charge in [0.25, 0.3) is 0 Å². The summed E-state index contributed by atoms with van der Waals surface area (Å²) in [6.45, 7) is 3.10. The van der Waals surface area contributed by atoms with Gasteiger partial charge in [-0.1, -0.05) is 6.92 Å². The predicted molar refractivity (Wildman–Crippen MR) is 49.5 cm³/mol. The molecule has 0 aromatic carbocycles. The molecule has 1 amide bonds. The quantitative estimate of drug-likeness (QED) is 0.740. The number of hydrogen-bond acceptors (Lipinski definition) is 3. The molecule has 1 atom stereocenters. The number of ether oxygens (including phenoxy) is 1. The fraction of sp³-hybridized carbons (Fsp3) is 0.778. The van der Waals surface area contributed by atoms with Crippen LogP contribution in [0.2, 0.25) is 0 Å². The topological polar surface area (TPSA) is 55.4 Å². The van der Waals surface area contributed by atoms with Crippen molar-refractivity contribution in [2.24, 2.45) is 0 Å².